The van der Waals surface area contributed by atoms with E-state index < -0.39 is 12.0 Å². The van der Waals surface area contributed by atoms with E-state index >= 15 is 0 Å². The molecule has 4 heterocycles. The number of carbonyl (C=O) groups is 1. The van der Waals surface area contributed by atoms with E-state index in [1.807, 2.05) is 37.3 Å². The normalized spacial score (nSPS) is 18.1. The van der Waals surface area contributed by atoms with Crippen LogP contribution in [0.25, 0.3) is 6.08 Å². The highest BCUT2D eigenvalue weighted by Gasteiger charge is 2.34. The van der Waals surface area contributed by atoms with Crippen LogP contribution >= 0.6 is 27.3 Å². The summed E-state index contributed by atoms with van der Waals surface area (Å²) in [4.78, 5) is 34.9. The molecule has 0 N–H and O–H groups in total. The molecule has 8 nitrogen and oxygen atoms in total. The number of methoxy groups -OCH3 is 1. The fourth-order valence-corrected chi connectivity index (χ4v) is 6.80. The van der Waals surface area contributed by atoms with Crippen molar-refractivity contribution in [1.29, 1.82) is 0 Å². The van der Waals surface area contributed by atoms with Gasteiger partial charge in [-0.2, -0.15) is 0 Å². The van der Waals surface area contributed by atoms with Crippen LogP contribution in [-0.2, 0) is 9.53 Å². The maximum Gasteiger partial charge on any atom is 0.338 e. The van der Waals surface area contributed by atoms with Gasteiger partial charge in [-0.05, 0) is 71.8 Å². The van der Waals surface area contributed by atoms with Crippen LogP contribution in [0.5, 0.6) is 5.75 Å². The molecule has 0 radical (unpaired) electrons. The molecule has 5 rings (SSSR count). The van der Waals surface area contributed by atoms with Crippen molar-refractivity contribution in [1.82, 2.24) is 4.57 Å². The number of rotatable bonds is 8. The topological polar surface area (TPSA) is 86.3 Å². The number of benzene rings is 1. The lowest BCUT2D eigenvalue weighted by molar-refractivity contribution is -0.139. The third-order valence-electron chi connectivity index (χ3n) is 7.37. The van der Waals surface area contributed by atoms with Crippen LogP contribution in [0.1, 0.15) is 63.8 Å². The molecule has 1 saturated heterocycles. The second-order valence-corrected chi connectivity index (χ2v) is 12.0. The van der Waals surface area contributed by atoms with Gasteiger partial charge < -0.3 is 18.8 Å². The highest BCUT2D eigenvalue weighted by Crippen LogP contribution is 2.36. The summed E-state index contributed by atoms with van der Waals surface area (Å²) in [6.45, 7) is 8.24. The molecule has 1 atom stereocenters. The fourth-order valence-electron chi connectivity index (χ4n) is 5.24. The van der Waals surface area contributed by atoms with Gasteiger partial charge in [0.2, 0.25) is 0 Å². The predicted octanol–water partition coefficient (Wildman–Crippen LogP) is 5.18. The van der Waals surface area contributed by atoms with Crippen LogP contribution < -0.4 is 24.5 Å². The molecule has 1 fully saturated rings. The smallest absolute Gasteiger partial charge is 0.338 e. The average molecular weight is 629 g/mol. The van der Waals surface area contributed by atoms with Gasteiger partial charge in [0.05, 0.1) is 40.0 Å². The molecule has 10 heteroatoms. The Bertz CT molecular complexity index is 1610. The molecule has 0 aliphatic carbocycles. The number of hydrogen-bond donors (Lipinski definition) is 0. The highest BCUT2D eigenvalue weighted by molar-refractivity contribution is 9.10. The lowest BCUT2D eigenvalue weighted by Gasteiger charge is -2.29. The molecule has 2 aliphatic rings. The quantitative estimate of drug-likeness (QED) is 0.320. The van der Waals surface area contributed by atoms with E-state index in [4.69, 9.17) is 18.9 Å². The number of halogens is 1. The minimum absolute atomic E-state index is 0.224. The largest absolute Gasteiger partial charge is 0.496 e. The number of hydrogen-bond acceptors (Lipinski definition) is 8. The van der Waals surface area contributed by atoms with Crippen molar-refractivity contribution in [2.45, 2.75) is 52.5 Å². The van der Waals surface area contributed by atoms with Crippen molar-refractivity contribution in [3.8, 4) is 5.75 Å². The van der Waals surface area contributed by atoms with Crippen molar-refractivity contribution in [3.63, 3.8) is 0 Å². The van der Waals surface area contributed by atoms with Gasteiger partial charge in [0.15, 0.2) is 10.7 Å². The summed E-state index contributed by atoms with van der Waals surface area (Å²) in [7, 11) is 1.60. The molecule has 1 aromatic carbocycles. The van der Waals surface area contributed by atoms with Crippen LogP contribution in [0.3, 0.4) is 0 Å². The lowest BCUT2D eigenvalue weighted by Crippen LogP contribution is -2.40. The van der Waals surface area contributed by atoms with E-state index in [1.165, 1.54) is 11.3 Å². The number of ether oxygens (including phenoxy) is 2. The van der Waals surface area contributed by atoms with E-state index in [0.717, 1.165) is 54.2 Å². The van der Waals surface area contributed by atoms with Crippen molar-refractivity contribution in [3.05, 3.63) is 77.1 Å². The van der Waals surface area contributed by atoms with Gasteiger partial charge in [0, 0.05) is 25.2 Å². The number of aromatic nitrogens is 1. The molecule has 0 amide bonds. The van der Waals surface area contributed by atoms with Gasteiger partial charge in [0.25, 0.3) is 5.56 Å². The maximum absolute atomic E-state index is 14.0. The van der Waals surface area contributed by atoms with E-state index in [1.54, 1.807) is 24.7 Å². The Balaban J connectivity index is 1.63. The lowest BCUT2D eigenvalue weighted by atomic mass is 9.94. The second-order valence-electron chi connectivity index (χ2n) is 10.2. The van der Waals surface area contributed by atoms with Crippen molar-refractivity contribution >= 4 is 45.2 Å². The summed E-state index contributed by atoms with van der Waals surface area (Å²) in [5.74, 6) is 2.35. The number of nitrogens with zero attached hydrogens (tertiary/aromatic N) is 3. The Morgan fingerprint density at radius 2 is 2.00 bits per heavy atom. The van der Waals surface area contributed by atoms with Crippen LogP contribution in [0.15, 0.2) is 60.3 Å². The summed E-state index contributed by atoms with van der Waals surface area (Å²) in [6, 6.07) is 8.75. The van der Waals surface area contributed by atoms with Gasteiger partial charge in [-0.15, -0.1) is 0 Å². The number of furan rings is 1. The zero-order chi connectivity index (χ0) is 28.4. The standard InChI is InChI=1S/C30H34BrN3O5S/c1-5-7-22-26(29(36)38-6-2)27(19-8-10-23(37-4)21(31)16-19)34-28(35)24(40-30(34)32-22)17-20-9-11-25(39-20)33-14-12-18(3)13-15-33/h8-11,16-18,27H,5-7,12-15H2,1-4H3/b24-17+/t27-/m1/s1. The Morgan fingerprint density at radius 1 is 1.23 bits per heavy atom. The Labute approximate surface area is 245 Å². The van der Waals surface area contributed by atoms with Crippen LogP contribution in [0.4, 0.5) is 5.88 Å². The molecular formula is C30H34BrN3O5S. The average Bonchev–Trinajstić information content (AvgIpc) is 3.53. The highest BCUT2D eigenvalue weighted by atomic mass is 79.9. The Morgan fingerprint density at radius 3 is 2.67 bits per heavy atom. The monoisotopic (exact) mass is 627 g/mol. The zero-order valence-electron chi connectivity index (χ0n) is 23.2. The summed E-state index contributed by atoms with van der Waals surface area (Å²) in [5, 5.41) is 0. The summed E-state index contributed by atoms with van der Waals surface area (Å²) in [6.07, 6.45) is 5.43. The number of esters is 1. The number of anilines is 1. The van der Waals surface area contributed by atoms with Gasteiger partial charge in [-0.1, -0.05) is 37.7 Å². The van der Waals surface area contributed by atoms with Crippen LogP contribution in [-0.4, -0.2) is 37.3 Å². The molecule has 40 heavy (non-hydrogen) atoms. The molecule has 2 aromatic heterocycles. The van der Waals surface area contributed by atoms with E-state index in [-0.39, 0.29) is 12.2 Å². The van der Waals surface area contributed by atoms with Gasteiger partial charge in [0.1, 0.15) is 11.5 Å². The summed E-state index contributed by atoms with van der Waals surface area (Å²) >= 11 is 4.87. The number of fused-ring (bicyclic) bond motifs is 1. The maximum atomic E-state index is 14.0. The molecular weight excluding hydrogens is 594 g/mol. The Hall–Kier alpha value is -3.11. The van der Waals surface area contributed by atoms with Crippen molar-refractivity contribution in [2.24, 2.45) is 10.9 Å². The molecule has 3 aromatic rings. The minimum Gasteiger partial charge on any atom is -0.496 e. The van der Waals surface area contributed by atoms with Crippen LogP contribution in [0.2, 0.25) is 0 Å². The fraction of sp³-hybridized carbons (Fsp3) is 0.433. The first-order chi connectivity index (χ1) is 19.3. The predicted molar refractivity (Wildman–Crippen MR) is 160 cm³/mol. The van der Waals surface area contributed by atoms with Crippen LogP contribution in [0, 0.1) is 5.92 Å². The number of thiazole rings is 1. The van der Waals surface area contributed by atoms with Crippen molar-refractivity contribution in [2.75, 3.05) is 31.7 Å². The SMILES string of the molecule is CCCC1=C(C(=O)OCC)[C@@H](c2ccc(OC)c(Br)c2)n2c(s/c(=C/c3ccc(N4CCC(C)CC4)o3)c2=O)=N1. The van der Waals surface area contributed by atoms with Gasteiger partial charge in [-0.25, -0.2) is 9.79 Å². The molecule has 0 spiro atoms. The van der Waals surface area contributed by atoms with Crippen molar-refractivity contribution < 1.29 is 18.7 Å². The Kier molecular flexibility index (Phi) is 8.65. The molecule has 0 bridgehead atoms. The third kappa shape index (κ3) is 5.56. The van der Waals surface area contributed by atoms with Gasteiger partial charge in [-0.3, -0.25) is 9.36 Å². The summed E-state index contributed by atoms with van der Waals surface area (Å²) < 4.78 is 19.9. The molecule has 0 saturated carbocycles. The molecule has 212 valence electrons. The van der Waals surface area contributed by atoms with E-state index in [9.17, 15) is 9.59 Å². The van der Waals surface area contributed by atoms with E-state index in [2.05, 4.69) is 27.8 Å². The summed E-state index contributed by atoms with van der Waals surface area (Å²) in [5.41, 5.74) is 1.55. The van der Waals surface area contributed by atoms with E-state index in [0.29, 0.717) is 38.5 Å². The second kappa shape index (κ2) is 12.2. The first-order valence-electron chi connectivity index (χ1n) is 13.7. The molecule has 0 unspecified atom stereocenters. The number of carbonyl (C=O) groups excluding carboxylic acids is 1. The van der Waals surface area contributed by atoms with Gasteiger partial charge >= 0.3 is 5.97 Å². The first-order valence-corrected chi connectivity index (χ1v) is 15.4. The zero-order valence-corrected chi connectivity index (χ0v) is 25.6. The minimum atomic E-state index is -0.691. The number of piperidine rings is 1. The number of allylic oxidation sites excluding steroid dienone is 1. The molecule has 2 aliphatic heterocycles. The third-order valence-corrected chi connectivity index (χ3v) is 8.97. The first kappa shape index (κ1) is 28.4.